The highest BCUT2D eigenvalue weighted by molar-refractivity contribution is 7.10. The maximum Gasteiger partial charge on any atom is 0.0677 e. The predicted molar refractivity (Wildman–Crippen MR) is 76.1 cm³/mol. The maximum absolute atomic E-state index is 6.18. The van der Waals surface area contributed by atoms with E-state index in [1.54, 1.807) is 11.3 Å². The van der Waals surface area contributed by atoms with Gasteiger partial charge in [0.05, 0.1) is 23.3 Å². The third kappa shape index (κ3) is 5.38. The molecule has 0 saturated carbocycles. The Balaban J connectivity index is 2.64. The number of ether oxygens (including phenoxy) is 1. The fourth-order valence-corrected chi connectivity index (χ4v) is 2.68. The lowest BCUT2D eigenvalue weighted by atomic mass is 10.2. The van der Waals surface area contributed by atoms with Crippen molar-refractivity contribution in [3.63, 3.8) is 0 Å². The average molecular weight is 276 g/mol. The predicted octanol–water partition coefficient (Wildman–Crippen LogP) is 4.26. The van der Waals surface area contributed by atoms with Crippen molar-refractivity contribution in [3.8, 4) is 0 Å². The standard InChI is InChI=1S/C13H22ClNOS/c1-5-7-15-11(9-16-13(2,3)4)12-10(14)6-8-17-12/h6,8,11,15H,5,7,9H2,1-4H3. The first kappa shape index (κ1) is 15.0. The van der Waals surface area contributed by atoms with E-state index < -0.39 is 0 Å². The van der Waals surface area contributed by atoms with Crippen molar-refractivity contribution in [1.29, 1.82) is 0 Å². The van der Waals surface area contributed by atoms with E-state index in [1.165, 1.54) is 4.88 Å². The first-order chi connectivity index (χ1) is 7.94. The lowest BCUT2D eigenvalue weighted by Gasteiger charge is -2.25. The Bertz CT molecular complexity index is 332. The lowest BCUT2D eigenvalue weighted by Crippen LogP contribution is -2.30. The van der Waals surface area contributed by atoms with Crippen molar-refractivity contribution in [2.75, 3.05) is 13.2 Å². The number of thiophene rings is 1. The van der Waals surface area contributed by atoms with Gasteiger partial charge in [0.15, 0.2) is 0 Å². The Morgan fingerprint density at radius 3 is 2.65 bits per heavy atom. The summed E-state index contributed by atoms with van der Waals surface area (Å²) in [5, 5.41) is 6.34. The molecule has 0 radical (unpaired) electrons. The van der Waals surface area contributed by atoms with E-state index in [9.17, 15) is 0 Å². The summed E-state index contributed by atoms with van der Waals surface area (Å²) < 4.78 is 5.85. The van der Waals surface area contributed by atoms with Gasteiger partial charge in [0.25, 0.3) is 0 Å². The molecule has 1 heterocycles. The van der Waals surface area contributed by atoms with Crippen LogP contribution in [0.2, 0.25) is 5.02 Å². The molecule has 0 saturated heterocycles. The molecule has 98 valence electrons. The van der Waals surface area contributed by atoms with Crippen LogP contribution in [-0.4, -0.2) is 18.8 Å². The molecule has 0 amide bonds. The summed E-state index contributed by atoms with van der Waals surface area (Å²) in [7, 11) is 0. The molecule has 0 bridgehead atoms. The zero-order valence-corrected chi connectivity index (χ0v) is 12.6. The van der Waals surface area contributed by atoms with Gasteiger partial charge >= 0.3 is 0 Å². The van der Waals surface area contributed by atoms with Gasteiger partial charge < -0.3 is 10.1 Å². The topological polar surface area (TPSA) is 21.3 Å². The molecule has 1 rings (SSSR count). The van der Waals surface area contributed by atoms with Crippen molar-refractivity contribution in [2.45, 2.75) is 45.8 Å². The molecule has 0 aliphatic carbocycles. The number of rotatable bonds is 6. The Kier molecular flexibility index (Phi) is 5.93. The summed E-state index contributed by atoms with van der Waals surface area (Å²) in [6, 6.07) is 2.14. The van der Waals surface area contributed by atoms with Gasteiger partial charge in [-0.1, -0.05) is 18.5 Å². The van der Waals surface area contributed by atoms with Crippen LogP contribution in [0, 0.1) is 0 Å². The number of hydrogen-bond acceptors (Lipinski definition) is 3. The van der Waals surface area contributed by atoms with Crippen LogP contribution < -0.4 is 5.32 Å². The average Bonchev–Trinajstić information content (AvgIpc) is 2.63. The van der Waals surface area contributed by atoms with Gasteiger partial charge in [0, 0.05) is 4.88 Å². The summed E-state index contributed by atoms with van der Waals surface area (Å²) in [6.45, 7) is 10.0. The van der Waals surface area contributed by atoms with E-state index in [4.69, 9.17) is 16.3 Å². The minimum Gasteiger partial charge on any atom is -0.374 e. The Hall–Kier alpha value is -0.0900. The summed E-state index contributed by atoms with van der Waals surface area (Å²) in [4.78, 5) is 1.17. The van der Waals surface area contributed by atoms with Crippen LogP contribution in [0.1, 0.15) is 45.0 Å². The van der Waals surface area contributed by atoms with Crippen LogP contribution in [-0.2, 0) is 4.74 Å². The number of halogens is 1. The van der Waals surface area contributed by atoms with Crippen LogP contribution in [0.5, 0.6) is 0 Å². The van der Waals surface area contributed by atoms with Crippen molar-refractivity contribution < 1.29 is 4.74 Å². The number of hydrogen-bond donors (Lipinski definition) is 1. The quantitative estimate of drug-likeness (QED) is 0.838. The van der Waals surface area contributed by atoms with E-state index in [1.807, 2.05) is 11.4 Å². The first-order valence-electron chi connectivity index (χ1n) is 6.04. The second-order valence-corrected chi connectivity index (χ2v) is 6.42. The fraction of sp³-hybridized carbons (Fsp3) is 0.692. The van der Waals surface area contributed by atoms with Gasteiger partial charge in [0.1, 0.15) is 0 Å². The van der Waals surface area contributed by atoms with Crippen molar-refractivity contribution in [2.24, 2.45) is 0 Å². The van der Waals surface area contributed by atoms with Gasteiger partial charge in [-0.15, -0.1) is 11.3 Å². The Morgan fingerprint density at radius 1 is 1.47 bits per heavy atom. The zero-order valence-electron chi connectivity index (χ0n) is 11.0. The third-order valence-electron chi connectivity index (χ3n) is 2.29. The van der Waals surface area contributed by atoms with Crippen LogP contribution >= 0.6 is 22.9 Å². The molecule has 0 spiro atoms. The molecule has 0 aromatic carbocycles. The van der Waals surface area contributed by atoms with E-state index in [-0.39, 0.29) is 11.6 Å². The van der Waals surface area contributed by atoms with Gasteiger partial charge in [-0.05, 0) is 45.2 Å². The molecule has 1 N–H and O–H groups in total. The second-order valence-electron chi connectivity index (χ2n) is 5.06. The van der Waals surface area contributed by atoms with Crippen molar-refractivity contribution in [1.82, 2.24) is 5.32 Å². The summed E-state index contributed by atoms with van der Waals surface area (Å²) in [5.74, 6) is 0. The molecule has 1 aromatic rings. The molecule has 4 heteroatoms. The van der Waals surface area contributed by atoms with Crippen LogP contribution in [0.25, 0.3) is 0 Å². The van der Waals surface area contributed by atoms with E-state index in [0.717, 1.165) is 18.0 Å². The second kappa shape index (κ2) is 6.74. The van der Waals surface area contributed by atoms with Crippen molar-refractivity contribution in [3.05, 3.63) is 21.3 Å². The normalized spacial score (nSPS) is 13.9. The zero-order chi connectivity index (χ0) is 12.9. The highest BCUT2D eigenvalue weighted by Crippen LogP contribution is 2.29. The monoisotopic (exact) mass is 275 g/mol. The maximum atomic E-state index is 6.18. The molecule has 2 nitrogen and oxygen atoms in total. The fourth-order valence-electron chi connectivity index (χ4n) is 1.43. The van der Waals surface area contributed by atoms with E-state index >= 15 is 0 Å². The van der Waals surface area contributed by atoms with Gasteiger partial charge in [-0.2, -0.15) is 0 Å². The van der Waals surface area contributed by atoms with Crippen LogP contribution in [0.15, 0.2) is 11.4 Å². The molecule has 0 aliphatic rings. The smallest absolute Gasteiger partial charge is 0.0677 e. The van der Waals surface area contributed by atoms with Crippen molar-refractivity contribution >= 4 is 22.9 Å². The Morgan fingerprint density at radius 2 is 2.18 bits per heavy atom. The largest absolute Gasteiger partial charge is 0.374 e. The van der Waals surface area contributed by atoms with Gasteiger partial charge in [-0.3, -0.25) is 0 Å². The molecule has 1 unspecified atom stereocenters. The molecule has 0 aliphatic heterocycles. The van der Waals surface area contributed by atoms with E-state index in [2.05, 4.69) is 33.0 Å². The SMILES string of the molecule is CCCNC(COC(C)(C)C)c1sccc1Cl. The summed E-state index contributed by atoms with van der Waals surface area (Å²) >= 11 is 7.86. The lowest BCUT2D eigenvalue weighted by molar-refractivity contribution is -0.0143. The molecule has 1 atom stereocenters. The van der Waals surface area contributed by atoms with Crippen LogP contribution in [0.4, 0.5) is 0 Å². The highest BCUT2D eigenvalue weighted by Gasteiger charge is 2.19. The molecular weight excluding hydrogens is 254 g/mol. The molecule has 17 heavy (non-hydrogen) atoms. The molecule has 0 fully saturated rings. The first-order valence-corrected chi connectivity index (χ1v) is 7.30. The third-order valence-corrected chi connectivity index (χ3v) is 3.76. The van der Waals surface area contributed by atoms with E-state index in [0.29, 0.717) is 6.61 Å². The van der Waals surface area contributed by atoms with Gasteiger partial charge in [0.2, 0.25) is 0 Å². The highest BCUT2D eigenvalue weighted by atomic mass is 35.5. The molecular formula is C13H22ClNOS. The summed E-state index contributed by atoms with van der Waals surface area (Å²) in [6.07, 6.45) is 1.11. The summed E-state index contributed by atoms with van der Waals surface area (Å²) in [5.41, 5.74) is -0.115. The Labute approximate surface area is 113 Å². The van der Waals surface area contributed by atoms with Gasteiger partial charge in [-0.25, -0.2) is 0 Å². The number of nitrogens with one attached hydrogen (secondary N) is 1. The minimum atomic E-state index is -0.115. The van der Waals surface area contributed by atoms with Crippen LogP contribution in [0.3, 0.4) is 0 Å². The molecule has 1 aromatic heterocycles. The minimum absolute atomic E-state index is 0.115.